The zero-order valence-electron chi connectivity index (χ0n) is 36.8. The van der Waals surface area contributed by atoms with Crippen LogP contribution in [0.15, 0.2) is 60.9 Å². The molecular weight excluding hydrogens is 817 g/mol. The van der Waals surface area contributed by atoms with Gasteiger partial charge >= 0.3 is 12.2 Å². The van der Waals surface area contributed by atoms with E-state index in [4.69, 9.17) is 19.4 Å². The zero-order chi connectivity index (χ0) is 45.1. The molecule has 8 atom stereocenters. The van der Waals surface area contributed by atoms with Crippen LogP contribution >= 0.6 is 0 Å². The Balaban J connectivity index is 0.911. The SMILES string of the molecule is CC1CC(c2nc(-c3ccc(C#Cc4ccc(-c5c[nH]c(C6CC(C)CN6C(=O)[C@@](C)(NC(=O)O)C6CCOC(C)C6)n5)cc4)cc3)c[nH]2)N(C(=O)[C@@H](NC(=O)O)C2CCOCC2)C1. The molecule has 0 spiro atoms. The molecule has 4 aromatic rings. The summed E-state index contributed by atoms with van der Waals surface area (Å²) >= 11 is 0. The molecule has 2 aromatic heterocycles. The summed E-state index contributed by atoms with van der Waals surface area (Å²) in [6.07, 6.45) is 5.03. The van der Waals surface area contributed by atoms with Crippen LogP contribution in [-0.2, 0) is 19.1 Å². The standard InChI is InChI=1S/C48H58N8O8/c1-28-21-39(55(26-28)44(57)41(53-46(59)60)35-15-18-63-19-16-35)42-49-24-37(51-42)33-11-7-31(8-12-33)5-6-32-9-13-34(14-10-32)38-25-50-43(52-38)40-22-29(2)27-56(40)45(58)48(4,54-47(61)62)36-17-20-64-30(3)23-36/h7-14,24-25,28-30,35-36,39-41,53-54H,15-23,26-27H2,1-4H3,(H,49,51)(H,50,52)(H,59,60)(H,61,62)/t28?,29?,30?,36?,39?,40?,41-,48-/m0/s1. The summed E-state index contributed by atoms with van der Waals surface area (Å²) in [6, 6.07) is 14.2. The number of amides is 4. The van der Waals surface area contributed by atoms with Gasteiger partial charge in [-0.2, -0.15) is 0 Å². The third-order valence-corrected chi connectivity index (χ3v) is 13.5. The van der Waals surface area contributed by atoms with E-state index in [0.29, 0.717) is 76.7 Å². The van der Waals surface area contributed by atoms with E-state index < -0.39 is 23.8 Å². The minimum absolute atomic E-state index is 0.0643. The van der Waals surface area contributed by atoms with Gasteiger partial charge in [-0.1, -0.05) is 50.0 Å². The van der Waals surface area contributed by atoms with Crippen LogP contribution in [0, 0.1) is 35.5 Å². The second-order valence-electron chi connectivity index (χ2n) is 18.3. The molecule has 64 heavy (non-hydrogen) atoms. The van der Waals surface area contributed by atoms with Crippen molar-refractivity contribution in [2.75, 3.05) is 32.9 Å². The highest BCUT2D eigenvalue weighted by atomic mass is 16.5. The number of rotatable bonds is 10. The number of nitrogens with one attached hydrogen (secondary N) is 4. The molecule has 8 rings (SSSR count). The molecule has 16 heteroatoms. The van der Waals surface area contributed by atoms with Crippen LogP contribution in [0.5, 0.6) is 0 Å². The molecule has 0 bridgehead atoms. The molecule has 2 aromatic carbocycles. The zero-order valence-corrected chi connectivity index (χ0v) is 36.8. The quantitative estimate of drug-likeness (QED) is 0.0941. The number of carbonyl (C=O) groups excluding carboxylic acids is 2. The predicted molar refractivity (Wildman–Crippen MR) is 237 cm³/mol. The highest BCUT2D eigenvalue weighted by Crippen LogP contribution is 2.40. The number of likely N-dealkylation sites (tertiary alicyclic amines) is 2. The van der Waals surface area contributed by atoms with E-state index in [2.05, 4.69) is 46.3 Å². The second kappa shape index (κ2) is 18.9. The average Bonchev–Trinajstić information content (AvgIpc) is 4.12. The second-order valence-corrected chi connectivity index (χ2v) is 18.3. The molecule has 0 saturated carbocycles. The summed E-state index contributed by atoms with van der Waals surface area (Å²) in [6.45, 7) is 10.4. The maximum atomic E-state index is 14.3. The first kappa shape index (κ1) is 44.4. The van der Waals surface area contributed by atoms with Gasteiger partial charge in [-0.3, -0.25) is 9.59 Å². The fourth-order valence-corrected chi connectivity index (χ4v) is 10.1. The molecule has 4 fully saturated rings. The Labute approximate surface area is 372 Å². The number of carbonyl (C=O) groups is 4. The topological polar surface area (TPSA) is 215 Å². The van der Waals surface area contributed by atoms with Crippen LogP contribution < -0.4 is 10.6 Å². The number of imidazole rings is 2. The highest BCUT2D eigenvalue weighted by molar-refractivity contribution is 5.90. The highest BCUT2D eigenvalue weighted by Gasteiger charge is 2.50. The average molecular weight is 875 g/mol. The number of aromatic nitrogens is 4. The van der Waals surface area contributed by atoms with Gasteiger partial charge in [0, 0.05) is 67.6 Å². The van der Waals surface area contributed by atoms with E-state index >= 15 is 0 Å². The lowest BCUT2D eigenvalue weighted by molar-refractivity contribution is -0.143. The number of hydrogen-bond acceptors (Lipinski definition) is 8. The van der Waals surface area contributed by atoms with Crippen molar-refractivity contribution in [3.8, 4) is 34.4 Å². The van der Waals surface area contributed by atoms with Crippen molar-refractivity contribution in [1.82, 2.24) is 40.4 Å². The third-order valence-electron chi connectivity index (χ3n) is 13.5. The van der Waals surface area contributed by atoms with Crippen LogP contribution in [0.3, 0.4) is 0 Å². The smallest absolute Gasteiger partial charge is 0.405 e. The van der Waals surface area contributed by atoms with Gasteiger partial charge in [0.2, 0.25) is 11.8 Å². The number of benzene rings is 2. The normalized spacial score (nSPS) is 25.2. The fourth-order valence-electron chi connectivity index (χ4n) is 10.1. The van der Waals surface area contributed by atoms with Crippen LogP contribution in [0.2, 0.25) is 0 Å². The lowest BCUT2D eigenvalue weighted by Crippen LogP contribution is -2.62. The minimum atomic E-state index is -1.30. The van der Waals surface area contributed by atoms with Crippen LogP contribution in [0.1, 0.15) is 101 Å². The first-order chi connectivity index (χ1) is 30.7. The van der Waals surface area contributed by atoms with Gasteiger partial charge in [-0.15, -0.1) is 0 Å². The summed E-state index contributed by atoms with van der Waals surface area (Å²) in [4.78, 5) is 72.0. The Morgan fingerprint density at radius 1 is 0.750 bits per heavy atom. The number of carboxylic acid groups (broad SMARTS) is 2. The third kappa shape index (κ3) is 9.65. The van der Waals surface area contributed by atoms with Crippen LogP contribution in [-0.4, -0.2) is 115 Å². The number of nitrogens with zero attached hydrogens (tertiary/aromatic N) is 4. The molecule has 338 valence electrons. The number of H-pyrrole nitrogens is 2. The molecule has 6 unspecified atom stereocenters. The lowest BCUT2D eigenvalue weighted by Gasteiger charge is -2.43. The minimum Gasteiger partial charge on any atom is -0.465 e. The van der Waals surface area contributed by atoms with E-state index in [-0.39, 0.29) is 53.7 Å². The van der Waals surface area contributed by atoms with Crippen molar-refractivity contribution in [3.05, 3.63) is 83.7 Å². The van der Waals surface area contributed by atoms with Gasteiger partial charge in [0.15, 0.2) is 0 Å². The summed E-state index contributed by atoms with van der Waals surface area (Å²) in [5.74, 6) is 7.49. The Bertz CT molecular complexity index is 2380. The Hall–Kier alpha value is -6.18. The van der Waals surface area contributed by atoms with Gasteiger partial charge in [0.1, 0.15) is 23.2 Å². The van der Waals surface area contributed by atoms with E-state index in [1.165, 1.54) is 0 Å². The van der Waals surface area contributed by atoms with Crippen LogP contribution in [0.4, 0.5) is 9.59 Å². The largest absolute Gasteiger partial charge is 0.465 e. The molecule has 6 heterocycles. The van der Waals surface area contributed by atoms with Crippen molar-refractivity contribution in [3.63, 3.8) is 0 Å². The molecule has 16 nitrogen and oxygen atoms in total. The van der Waals surface area contributed by atoms with E-state index in [0.717, 1.165) is 40.1 Å². The van der Waals surface area contributed by atoms with E-state index in [9.17, 15) is 29.4 Å². The Kier molecular flexibility index (Phi) is 13.1. The molecule has 4 amide bonds. The molecule has 4 saturated heterocycles. The maximum Gasteiger partial charge on any atom is 0.405 e. The van der Waals surface area contributed by atoms with Crippen molar-refractivity contribution in [1.29, 1.82) is 0 Å². The van der Waals surface area contributed by atoms with Crippen LogP contribution in [0.25, 0.3) is 22.5 Å². The molecule has 6 N–H and O–H groups in total. The van der Waals surface area contributed by atoms with Gasteiger partial charge in [0.25, 0.3) is 0 Å². The summed E-state index contributed by atoms with van der Waals surface area (Å²) < 4.78 is 11.2. The first-order valence-electron chi connectivity index (χ1n) is 22.4. The van der Waals surface area contributed by atoms with Crippen molar-refractivity contribution >= 4 is 24.0 Å². The Morgan fingerprint density at radius 3 is 1.80 bits per heavy atom. The van der Waals surface area contributed by atoms with E-state index in [1.807, 2.05) is 67.8 Å². The summed E-state index contributed by atoms with van der Waals surface area (Å²) in [5, 5.41) is 24.5. The number of hydrogen-bond donors (Lipinski definition) is 6. The van der Waals surface area contributed by atoms with Crippen molar-refractivity contribution < 1.29 is 38.9 Å². The Morgan fingerprint density at radius 2 is 1.28 bits per heavy atom. The van der Waals surface area contributed by atoms with E-state index in [1.54, 1.807) is 16.7 Å². The van der Waals surface area contributed by atoms with Crippen molar-refractivity contribution in [2.24, 2.45) is 23.7 Å². The lowest BCUT2D eigenvalue weighted by atomic mass is 9.77. The van der Waals surface area contributed by atoms with Gasteiger partial charge in [-0.25, -0.2) is 19.6 Å². The van der Waals surface area contributed by atoms with Gasteiger partial charge in [-0.05, 0) is 100 Å². The van der Waals surface area contributed by atoms with Crippen molar-refractivity contribution in [2.45, 2.75) is 96.0 Å². The maximum absolute atomic E-state index is 14.3. The molecular formula is C48H58N8O8. The summed E-state index contributed by atoms with van der Waals surface area (Å²) in [7, 11) is 0. The monoisotopic (exact) mass is 874 g/mol. The number of ether oxygens (including phenoxy) is 2. The first-order valence-corrected chi connectivity index (χ1v) is 22.4. The van der Waals surface area contributed by atoms with Gasteiger partial charge in [0.05, 0.1) is 29.6 Å². The molecule has 0 radical (unpaired) electrons. The number of aromatic amines is 2. The molecule has 0 aliphatic carbocycles. The molecule has 4 aliphatic rings. The van der Waals surface area contributed by atoms with Gasteiger partial charge < -0.3 is 50.1 Å². The summed E-state index contributed by atoms with van der Waals surface area (Å²) in [5.41, 5.74) is 3.62. The fraction of sp³-hybridized carbons (Fsp3) is 0.500. The predicted octanol–water partition coefficient (Wildman–Crippen LogP) is 6.59. The molecule has 4 aliphatic heterocycles.